The van der Waals surface area contributed by atoms with Crippen LogP contribution in [0.4, 0.5) is 0 Å². The highest BCUT2D eigenvalue weighted by Crippen LogP contribution is 2.17. The summed E-state index contributed by atoms with van der Waals surface area (Å²) >= 11 is 2.25. The zero-order valence-electron chi connectivity index (χ0n) is 9.89. The van der Waals surface area contributed by atoms with Crippen LogP contribution in [0, 0.1) is 10.5 Å². The Hall–Kier alpha value is -1.43. The van der Waals surface area contributed by atoms with Gasteiger partial charge in [-0.05, 0) is 59.3 Å². The van der Waals surface area contributed by atoms with Crippen LogP contribution in [0.3, 0.4) is 0 Å². The van der Waals surface area contributed by atoms with Crippen LogP contribution >= 0.6 is 22.6 Å². The second-order valence-corrected chi connectivity index (χ2v) is 5.11. The first-order valence-electron chi connectivity index (χ1n) is 5.49. The molecule has 2 rings (SSSR count). The number of rotatable bonds is 4. The molecule has 0 fully saturated rings. The van der Waals surface area contributed by atoms with E-state index in [4.69, 9.17) is 4.74 Å². The number of ether oxygens (including phenoxy) is 1. The monoisotopic (exact) mass is 353 g/mol. The summed E-state index contributed by atoms with van der Waals surface area (Å²) in [5.74, 6) is 0.522. The van der Waals surface area contributed by atoms with E-state index in [1.807, 2.05) is 37.3 Å². The minimum atomic E-state index is 0.348. The number of benzene rings is 1. The quantitative estimate of drug-likeness (QED) is 0.625. The van der Waals surface area contributed by atoms with Crippen LogP contribution in [0.1, 0.15) is 21.7 Å². The number of carbonyl (C=O) groups excluding carboxylic acids is 1. The minimum Gasteiger partial charge on any atom is -0.487 e. The number of nitrogens with zero attached hydrogens (tertiary/aromatic N) is 1. The van der Waals surface area contributed by atoms with E-state index in [0.717, 1.165) is 17.5 Å². The van der Waals surface area contributed by atoms with E-state index in [1.165, 1.54) is 3.57 Å². The molecule has 1 aromatic heterocycles. The molecule has 0 aliphatic carbocycles. The third-order valence-electron chi connectivity index (χ3n) is 2.44. The van der Waals surface area contributed by atoms with E-state index < -0.39 is 0 Å². The fourth-order valence-electron chi connectivity index (χ4n) is 1.51. The maximum atomic E-state index is 10.9. The van der Waals surface area contributed by atoms with Crippen molar-refractivity contribution in [3.8, 4) is 5.75 Å². The molecule has 0 spiro atoms. The Balaban J connectivity index is 2.10. The van der Waals surface area contributed by atoms with Crippen LogP contribution in [0.25, 0.3) is 0 Å². The number of aldehydes is 1. The van der Waals surface area contributed by atoms with Crippen molar-refractivity contribution in [3.63, 3.8) is 0 Å². The molecule has 0 aliphatic heterocycles. The van der Waals surface area contributed by atoms with Gasteiger partial charge in [0, 0.05) is 9.26 Å². The molecule has 1 heterocycles. The van der Waals surface area contributed by atoms with Gasteiger partial charge >= 0.3 is 0 Å². The van der Waals surface area contributed by atoms with Gasteiger partial charge in [-0.1, -0.05) is 12.1 Å². The lowest BCUT2D eigenvalue weighted by molar-refractivity contribution is 0.111. The van der Waals surface area contributed by atoms with E-state index in [2.05, 4.69) is 27.6 Å². The van der Waals surface area contributed by atoms with Gasteiger partial charge < -0.3 is 4.74 Å². The van der Waals surface area contributed by atoms with Crippen molar-refractivity contribution in [1.29, 1.82) is 0 Å². The largest absolute Gasteiger partial charge is 0.487 e. The van der Waals surface area contributed by atoms with E-state index >= 15 is 0 Å². The number of halogens is 1. The van der Waals surface area contributed by atoms with Gasteiger partial charge in [-0.2, -0.15) is 0 Å². The van der Waals surface area contributed by atoms with Gasteiger partial charge in [0.2, 0.25) is 0 Å². The molecule has 0 radical (unpaired) electrons. The SMILES string of the molecule is Cc1ccc(OCc2ccc(I)cc2)c(C=O)n1. The van der Waals surface area contributed by atoms with Crippen molar-refractivity contribution in [2.75, 3.05) is 0 Å². The molecule has 0 saturated carbocycles. The summed E-state index contributed by atoms with van der Waals surface area (Å²) < 4.78 is 6.80. The highest BCUT2D eigenvalue weighted by Gasteiger charge is 2.05. The van der Waals surface area contributed by atoms with E-state index in [1.54, 1.807) is 6.07 Å². The van der Waals surface area contributed by atoms with Crippen molar-refractivity contribution in [3.05, 3.63) is 56.9 Å². The average Bonchev–Trinajstić information content (AvgIpc) is 2.39. The lowest BCUT2D eigenvalue weighted by atomic mass is 10.2. The first-order valence-corrected chi connectivity index (χ1v) is 6.57. The Morgan fingerprint density at radius 2 is 1.94 bits per heavy atom. The highest BCUT2D eigenvalue weighted by molar-refractivity contribution is 14.1. The van der Waals surface area contributed by atoms with E-state index in [-0.39, 0.29) is 0 Å². The number of hydrogen-bond acceptors (Lipinski definition) is 3. The second-order valence-electron chi connectivity index (χ2n) is 3.87. The van der Waals surface area contributed by atoms with Gasteiger partial charge in [0.15, 0.2) is 6.29 Å². The van der Waals surface area contributed by atoms with Gasteiger partial charge in [0.05, 0.1) is 0 Å². The van der Waals surface area contributed by atoms with Gasteiger partial charge in [0.1, 0.15) is 18.1 Å². The second kappa shape index (κ2) is 5.95. The van der Waals surface area contributed by atoms with Crippen LogP contribution < -0.4 is 4.74 Å². The summed E-state index contributed by atoms with van der Waals surface area (Å²) in [6, 6.07) is 11.7. The van der Waals surface area contributed by atoms with Crippen molar-refractivity contribution < 1.29 is 9.53 Å². The van der Waals surface area contributed by atoms with Crippen LogP contribution in [-0.4, -0.2) is 11.3 Å². The van der Waals surface area contributed by atoms with Crippen molar-refractivity contribution in [2.24, 2.45) is 0 Å². The van der Waals surface area contributed by atoms with Gasteiger partial charge in [-0.15, -0.1) is 0 Å². The van der Waals surface area contributed by atoms with Crippen LogP contribution in [0.5, 0.6) is 5.75 Å². The van der Waals surface area contributed by atoms with Gasteiger partial charge in [-0.3, -0.25) is 4.79 Å². The summed E-state index contributed by atoms with van der Waals surface area (Å²) in [6.07, 6.45) is 0.719. The number of aromatic nitrogens is 1. The predicted molar refractivity (Wildman–Crippen MR) is 77.9 cm³/mol. The molecule has 0 amide bonds. The Bertz CT molecular complexity index is 552. The van der Waals surface area contributed by atoms with E-state index in [0.29, 0.717) is 18.1 Å². The normalized spacial score (nSPS) is 10.1. The number of hydrogen-bond donors (Lipinski definition) is 0. The zero-order valence-corrected chi connectivity index (χ0v) is 12.0. The standard InChI is InChI=1S/C14H12INO2/c1-10-2-7-14(13(8-17)16-10)18-9-11-3-5-12(15)6-4-11/h2-8H,9H2,1H3. The molecule has 0 saturated heterocycles. The topological polar surface area (TPSA) is 39.2 Å². The van der Waals surface area contributed by atoms with Crippen molar-refractivity contribution in [1.82, 2.24) is 4.98 Å². The molecule has 1 aromatic carbocycles. The maximum absolute atomic E-state index is 10.9. The van der Waals surface area contributed by atoms with Gasteiger partial charge in [0.25, 0.3) is 0 Å². The summed E-state index contributed by atoms with van der Waals surface area (Å²) in [5, 5.41) is 0. The molecule has 3 nitrogen and oxygen atoms in total. The number of aryl methyl sites for hydroxylation is 1. The van der Waals surface area contributed by atoms with Crippen LogP contribution in [0.2, 0.25) is 0 Å². The molecule has 92 valence electrons. The summed E-state index contributed by atoms with van der Waals surface area (Å²) in [4.78, 5) is 15.0. The molecular weight excluding hydrogens is 341 g/mol. The molecule has 0 aliphatic rings. The molecule has 18 heavy (non-hydrogen) atoms. The lowest BCUT2D eigenvalue weighted by Gasteiger charge is -2.08. The molecule has 4 heteroatoms. The highest BCUT2D eigenvalue weighted by atomic mass is 127. The average molecular weight is 353 g/mol. The van der Waals surface area contributed by atoms with Crippen molar-refractivity contribution >= 4 is 28.9 Å². The number of carbonyl (C=O) groups is 1. The Morgan fingerprint density at radius 3 is 2.61 bits per heavy atom. The number of pyridine rings is 1. The van der Waals surface area contributed by atoms with E-state index in [9.17, 15) is 4.79 Å². The molecule has 0 N–H and O–H groups in total. The third kappa shape index (κ3) is 3.29. The molecule has 2 aromatic rings. The Kier molecular flexibility index (Phi) is 4.30. The summed E-state index contributed by atoms with van der Waals surface area (Å²) in [7, 11) is 0. The van der Waals surface area contributed by atoms with Crippen LogP contribution in [0.15, 0.2) is 36.4 Å². The summed E-state index contributed by atoms with van der Waals surface area (Å²) in [5.41, 5.74) is 2.21. The van der Waals surface area contributed by atoms with Crippen LogP contribution in [-0.2, 0) is 6.61 Å². The lowest BCUT2D eigenvalue weighted by Crippen LogP contribution is -2.00. The Labute approximate surface area is 119 Å². The Morgan fingerprint density at radius 1 is 1.22 bits per heavy atom. The molecule has 0 unspecified atom stereocenters. The summed E-state index contributed by atoms with van der Waals surface area (Å²) in [6.45, 7) is 2.28. The molecule has 0 bridgehead atoms. The minimum absolute atomic E-state index is 0.348. The predicted octanol–water partition coefficient (Wildman–Crippen LogP) is 3.39. The van der Waals surface area contributed by atoms with Crippen molar-refractivity contribution in [2.45, 2.75) is 13.5 Å². The third-order valence-corrected chi connectivity index (χ3v) is 3.16. The zero-order chi connectivity index (χ0) is 13.0. The fraction of sp³-hybridized carbons (Fsp3) is 0.143. The maximum Gasteiger partial charge on any atom is 0.172 e. The van der Waals surface area contributed by atoms with Gasteiger partial charge in [-0.25, -0.2) is 4.98 Å². The first kappa shape index (κ1) is 13.0. The first-order chi connectivity index (χ1) is 8.69. The molecule has 0 atom stereocenters. The smallest absolute Gasteiger partial charge is 0.172 e. The molecular formula is C14H12INO2. The fourth-order valence-corrected chi connectivity index (χ4v) is 1.87.